The van der Waals surface area contributed by atoms with E-state index in [0.29, 0.717) is 29.8 Å². The number of Topliss-reactive ketones (excluding diaryl/α,β-unsaturated/α-hetero) is 1. The van der Waals surface area contributed by atoms with Gasteiger partial charge in [-0.05, 0) is 44.4 Å². The molecule has 1 heterocycles. The molecule has 0 spiro atoms. The van der Waals surface area contributed by atoms with E-state index in [1.807, 2.05) is 24.3 Å². The Bertz CT molecular complexity index is 854. The number of carbonyl (C=O) groups excluding carboxylic acids is 3. The molecule has 2 aromatic rings. The molecule has 1 aromatic heterocycles. The second kappa shape index (κ2) is 9.02. The van der Waals surface area contributed by atoms with Gasteiger partial charge in [0.25, 0.3) is 5.91 Å². The van der Waals surface area contributed by atoms with Crippen LogP contribution in [0.25, 0.3) is 0 Å². The summed E-state index contributed by atoms with van der Waals surface area (Å²) in [6.45, 7) is 4.83. The number of ether oxygens (including phenoxy) is 2. The number of hydrogen-bond donors (Lipinski definition) is 2. The Kier molecular flexibility index (Phi) is 6.76. The number of para-hydroxylation sites is 1. The van der Waals surface area contributed by atoms with Crippen LogP contribution in [0.2, 0.25) is 0 Å². The lowest BCUT2D eigenvalue weighted by molar-refractivity contribution is -0.124. The van der Waals surface area contributed by atoms with Crippen LogP contribution in [0.5, 0.6) is 5.75 Å². The number of aryl methyl sites for hydroxylation is 1. The topological polar surface area (TPSA) is 97.5 Å². The SMILES string of the molecule is COc1ccccc1CCNC(=O)COC(=O)c1[nH]c(C)c(C(C)=O)c1C. The number of ketones is 1. The van der Waals surface area contributed by atoms with Gasteiger partial charge in [0.15, 0.2) is 12.4 Å². The first kappa shape index (κ1) is 20.2. The lowest BCUT2D eigenvalue weighted by atomic mass is 10.1. The van der Waals surface area contributed by atoms with E-state index in [9.17, 15) is 14.4 Å². The number of methoxy groups -OCH3 is 1. The molecule has 0 aliphatic heterocycles. The smallest absolute Gasteiger partial charge is 0.355 e. The Hall–Kier alpha value is -3.09. The number of nitrogens with one attached hydrogen (secondary N) is 2. The summed E-state index contributed by atoms with van der Waals surface area (Å²) >= 11 is 0. The monoisotopic (exact) mass is 372 g/mol. The van der Waals surface area contributed by atoms with Crippen molar-refractivity contribution in [2.75, 3.05) is 20.3 Å². The van der Waals surface area contributed by atoms with Crippen LogP contribution in [0.15, 0.2) is 24.3 Å². The Labute approximate surface area is 158 Å². The van der Waals surface area contributed by atoms with E-state index in [4.69, 9.17) is 9.47 Å². The molecule has 0 fully saturated rings. The van der Waals surface area contributed by atoms with E-state index in [1.54, 1.807) is 21.0 Å². The maximum atomic E-state index is 12.2. The van der Waals surface area contributed by atoms with Crippen molar-refractivity contribution in [3.05, 3.63) is 52.3 Å². The van der Waals surface area contributed by atoms with Crippen LogP contribution >= 0.6 is 0 Å². The zero-order valence-electron chi connectivity index (χ0n) is 16.0. The van der Waals surface area contributed by atoms with Gasteiger partial charge in [-0.1, -0.05) is 18.2 Å². The van der Waals surface area contributed by atoms with Crippen molar-refractivity contribution in [3.8, 4) is 5.75 Å². The first-order chi connectivity index (χ1) is 12.8. The second-order valence-electron chi connectivity index (χ2n) is 6.17. The Morgan fingerprint density at radius 2 is 1.85 bits per heavy atom. The molecule has 0 aliphatic rings. The van der Waals surface area contributed by atoms with E-state index in [1.165, 1.54) is 6.92 Å². The highest BCUT2D eigenvalue weighted by atomic mass is 16.5. The van der Waals surface area contributed by atoms with Crippen molar-refractivity contribution in [3.63, 3.8) is 0 Å². The third-order valence-corrected chi connectivity index (χ3v) is 4.24. The van der Waals surface area contributed by atoms with Crippen LogP contribution in [-0.4, -0.2) is 42.9 Å². The van der Waals surface area contributed by atoms with Crippen LogP contribution in [0.3, 0.4) is 0 Å². The Balaban J connectivity index is 1.84. The first-order valence-electron chi connectivity index (χ1n) is 8.61. The van der Waals surface area contributed by atoms with Gasteiger partial charge >= 0.3 is 5.97 Å². The van der Waals surface area contributed by atoms with Gasteiger partial charge in [-0.15, -0.1) is 0 Å². The maximum Gasteiger partial charge on any atom is 0.355 e. The molecule has 2 rings (SSSR count). The zero-order chi connectivity index (χ0) is 20.0. The lowest BCUT2D eigenvalue weighted by Gasteiger charge is -2.09. The van der Waals surface area contributed by atoms with E-state index >= 15 is 0 Å². The van der Waals surface area contributed by atoms with Crippen LogP contribution in [-0.2, 0) is 16.0 Å². The number of aromatic nitrogens is 1. The van der Waals surface area contributed by atoms with Gasteiger partial charge < -0.3 is 19.8 Å². The molecular formula is C20H24N2O5. The number of benzene rings is 1. The fourth-order valence-corrected chi connectivity index (χ4v) is 2.98. The molecule has 0 radical (unpaired) electrons. The van der Waals surface area contributed by atoms with Gasteiger partial charge in [0, 0.05) is 17.8 Å². The van der Waals surface area contributed by atoms with E-state index in [2.05, 4.69) is 10.3 Å². The number of aromatic amines is 1. The number of esters is 1. The number of carbonyl (C=O) groups is 3. The summed E-state index contributed by atoms with van der Waals surface area (Å²) < 4.78 is 10.3. The van der Waals surface area contributed by atoms with Crippen LogP contribution in [0.4, 0.5) is 0 Å². The largest absolute Gasteiger partial charge is 0.496 e. The second-order valence-corrected chi connectivity index (χ2v) is 6.17. The van der Waals surface area contributed by atoms with Crippen LogP contribution in [0.1, 0.15) is 44.6 Å². The van der Waals surface area contributed by atoms with Gasteiger partial charge in [-0.3, -0.25) is 9.59 Å². The summed E-state index contributed by atoms with van der Waals surface area (Å²) in [6.07, 6.45) is 0.598. The molecule has 0 saturated heterocycles. The van der Waals surface area contributed by atoms with Crippen molar-refractivity contribution in [1.29, 1.82) is 0 Å². The summed E-state index contributed by atoms with van der Waals surface area (Å²) in [5.74, 6) is -0.430. The summed E-state index contributed by atoms with van der Waals surface area (Å²) in [4.78, 5) is 38.6. The average molecular weight is 372 g/mol. The molecular weight excluding hydrogens is 348 g/mol. The van der Waals surface area contributed by atoms with Crippen LogP contribution < -0.4 is 10.1 Å². The molecule has 7 heteroatoms. The predicted molar refractivity (Wildman–Crippen MR) is 100 cm³/mol. The van der Waals surface area contributed by atoms with Crippen LogP contribution in [0, 0.1) is 13.8 Å². The number of hydrogen-bond acceptors (Lipinski definition) is 5. The van der Waals surface area contributed by atoms with Gasteiger partial charge in [0.1, 0.15) is 11.4 Å². The van der Waals surface area contributed by atoms with Gasteiger partial charge in [0.05, 0.1) is 7.11 Å². The van der Waals surface area contributed by atoms with Crippen molar-refractivity contribution in [2.45, 2.75) is 27.2 Å². The Morgan fingerprint density at radius 3 is 2.48 bits per heavy atom. The van der Waals surface area contributed by atoms with E-state index < -0.39 is 18.5 Å². The quantitative estimate of drug-likeness (QED) is 0.548. The van der Waals surface area contributed by atoms with Crippen molar-refractivity contribution in [1.82, 2.24) is 10.3 Å². The normalized spacial score (nSPS) is 10.4. The minimum atomic E-state index is -0.664. The fraction of sp³-hybridized carbons (Fsp3) is 0.350. The standard InChI is InChI=1S/C20H24N2O5/c1-12-18(14(3)23)13(2)22-19(12)20(25)27-11-17(24)21-10-9-15-7-5-6-8-16(15)26-4/h5-8,22H,9-11H2,1-4H3,(H,21,24). The van der Waals surface area contributed by atoms with Crippen molar-refractivity contribution < 1.29 is 23.9 Å². The lowest BCUT2D eigenvalue weighted by Crippen LogP contribution is -2.30. The fourth-order valence-electron chi connectivity index (χ4n) is 2.98. The molecule has 2 N–H and O–H groups in total. The molecule has 0 aliphatic carbocycles. The zero-order valence-corrected chi connectivity index (χ0v) is 16.0. The summed E-state index contributed by atoms with van der Waals surface area (Å²) in [7, 11) is 1.60. The molecule has 27 heavy (non-hydrogen) atoms. The summed E-state index contributed by atoms with van der Waals surface area (Å²) in [6, 6.07) is 7.56. The summed E-state index contributed by atoms with van der Waals surface area (Å²) in [5, 5.41) is 2.70. The number of amides is 1. The number of rotatable bonds is 8. The highest BCUT2D eigenvalue weighted by molar-refractivity contribution is 6.01. The first-order valence-corrected chi connectivity index (χ1v) is 8.61. The average Bonchev–Trinajstić information content (AvgIpc) is 2.94. The number of H-pyrrole nitrogens is 1. The maximum absolute atomic E-state index is 12.2. The Morgan fingerprint density at radius 1 is 1.15 bits per heavy atom. The molecule has 144 valence electrons. The third kappa shape index (κ3) is 4.97. The van der Waals surface area contributed by atoms with E-state index in [-0.39, 0.29) is 11.5 Å². The predicted octanol–water partition coefficient (Wildman–Crippen LogP) is 2.36. The molecule has 7 nitrogen and oxygen atoms in total. The molecule has 1 amide bonds. The van der Waals surface area contributed by atoms with Crippen molar-refractivity contribution >= 4 is 17.7 Å². The molecule has 1 aromatic carbocycles. The third-order valence-electron chi connectivity index (χ3n) is 4.24. The molecule has 0 saturated carbocycles. The van der Waals surface area contributed by atoms with Gasteiger partial charge in [-0.2, -0.15) is 0 Å². The van der Waals surface area contributed by atoms with Gasteiger partial charge in [-0.25, -0.2) is 4.79 Å². The minimum absolute atomic E-state index is 0.130. The highest BCUT2D eigenvalue weighted by Crippen LogP contribution is 2.19. The summed E-state index contributed by atoms with van der Waals surface area (Å²) in [5.41, 5.74) is 2.78. The molecule has 0 bridgehead atoms. The molecule has 0 unspecified atom stereocenters. The van der Waals surface area contributed by atoms with Crippen molar-refractivity contribution in [2.24, 2.45) is 0 Å². The van der Waals surface area contributed by atoms with E-state index in [0.717, 1.165) is 11.3 Å². The highest BCUT2D eigenvalue weighted by Gasteiger charge is 2.21. The molecule has 0 atom stereocenters. The minimum Gasteiger partial charge on any atom is -0.496 e. The van der Waals surface area contributed by atoms with Gasteiger partial charge in [0.2, 0.25) is 0 Å².